The maximum atomic E-state index is 10.7. The Morgan fingerprint density at radius 3 is 2.91 bits per heavy atom. The fourth-order valence-corrected chi connectivity index (χ4v) is 0.458. The normalized spacial score (nSPS) is 11.3. The molecule has 0 amide bonds. The Morgan fingerprint density at radius 2 is 2.45 bits per heavy atom. The molecule has 1 radical (unpaired) electrons. The van der Waals surface area contributed by atoms with E-state index in [2.05, 4.69) is 18.2 Å². The summed E-state index contributed by atoms with van der Waals surface area (Å²) < 4.78 is 4.62. The van der Waals surface area contributed by atoms with E-state index in [0.29, 0.717) is 0 Å². The average molecular weight is 152 g/mol. The van der Waals surface area contributed by atoms with Crippen LogP contribution in [-0.4, -0.2) is 12.6 Å². The van der Waals surface area contributed by atoms with Crippen LogP contribution in [0.4, 0.5) is 0 Å². The third-order valence-electron chi connectivity index (χ3n) is 0.958. The Labute approximate surface area is 66.3 Å². The van der Waals surface area contributed by atoms with Gasteiger partial charge in [0.1, 0.15) is 6.61 Å². The molecular formula is C8H10NO2. The predicted octanol–water partition coefficient (Wildman–Crippen LogP) is 1.08. The van der Waals surface area contributed by atoms with E-state index >= 15 is 0 Å². The Bertz CT molecular complexity index is 181. The summed E-state index contributed by atoms with van der Waals surface area (Å²) in [5.74, 6) is -0.932. The Kier molecular flexibility index (Phi) is 4.83. The van der Waals surface area contributed by atoms with Crippen LogP contribution in [0.2, 0.25) is 0 Å². The van der Waals surface area contributed by atoms with Crippen LogP contribution >= 0.6 is 0 Å². The number of carbonyl (C=O) groups excluding carboxylic acids is 1. The van der Waals surface area contributed by atoms with Crippen molar-refractivity contribution in [1.82, 2.24) is 0 Å². The van der Waals surface area contributed by atoms with Crippen molar-refractivity contribution in [2.75, 3.05) is 6.61 Å². The molecule has 3 heteroatoms. The Hall–Kier alpha value is -1.30. The van der Waals surface area contributed by atoms with Crippen LogP contribution in [0.3, 0.4) is 0 Å². The SMILES string of the molecule is [CH2]C(C#N)CC(=O)OCC=C. The second-order valence-electron chi connectivity index (χ2n) is 2.00. The van der Waals surface area contributed by atoms with Gasteiger partial charge in [-0.25, -0.2) is 0 Å². The molecule has 0 aliphatic carbocycles. The van der Waals surface area contributed by atoms with Crippen LogP contribution in [-0.2, 0) is 9.53 Å². The van der Waals surface area contributed by atoms with Crippen molar-refractivity contribution in [2.45, 2.75) is 6.42 Å². The molecule has 11 heavy (non-hydrogen) atoms. The fraction of sp³-hybridized carbons (Fsp3) is 0.375. The minimum absolute atomic E-state index is 0.0460. The average Bonchev–Trinajstić information content (AvgIpc) is 2.00. The number of hydrogen-bond donors (Lipinski definition) is 0. The largest absolute Gasteiger partial charge is 0.461 e. The first-order chi connectivity index (χ1) is 5.20. The second-order valence-corrected chi connectivity index (χ2v) is 2.00. The summed E-state index contributed by atoms with van der Waals surface area (Å²) in [4.78, 5) is 10.7. The quantitative estimate of drug-likeness (QED) is 0.447. The Morgan fingerprint density at radius 1 is 1.82 bits per heavy atom. The van der Waals surface area contributed by atoms with Gasteiger partial charge in [0.15, 0.2) is 0 Å². The molecule has 0 bridgehead atoms. The van der Waals surface area contributed by atoms with Crippen molar-refractivity contribution in [1.29, 1.82) is 5.26 Å². The third kappa shape index (κ3) is 5.16. The number of esters is 1. The second kappa shape index (κ2) is 5.48. The van der Waals surface area contributed by atoms with Crippen LogP contribution in [0, 0.1) is 24.2 Å². The molecule has 0 aromatic rings. The summed E-state index contributed by atoms with van der Waals surface area (Å²) >= 11 is 0. The smallest absolute Gasteiger partial charge is 0.307 e. The van der Waals surface area contributed by atoms with Gasteiger partial charge in [-0.2, -0.15) is 5.26 Å². The van der Waals surface area contributed by atoms with Gasteiger partial charge in [0.25, 0.3) is 0 Å². The zero-order valence-corrected chi connectivity index (χ0v) is 6.25. The number of ether oxygens (including phenoxy) is 1. The van der Waals surface area contributed by atoms with E-state index in [1.807, 2.05) is 6.07 Å². The van der Waals surface area contributed by atoms with Crippen molar-refractivity contribution >= 4 is 5.97 Å². The predicted molar refractivity (Wildman–Crippen MR) is 40.2 cm³/mol. The van der Waals surface area contributed by atoms with Crippen LogP contribution in [0.25, 0.3) is 0 Å². The van der Waals surface area contributed by atoms with E-state index in [1.165, 1.54) is 6.08 Å². The highest BCUT2D eigenvalue weighted by Gasteiger charge is 2.07. The molecular weight excluding hydrogens is 142 g/mol. The summed E-state index contributed by atoms with van der Waals surface area (Å²) in [6, 6.07) is 1.83. The summed E-state index contributed by atoms with van der Waals surface area (Å²) in [6.45, 7) is 6.98. The molecule has 59 valence electrons. The molecule has 3 nitrogen and oxygen atoms in total. The summed E-state index contributed by atoms with van der Waals surface area (Å²) in [5.41, 5.74) is 0. The molecule has 0 heterocycles. The number of rotatable bonds is 4. The molecule has 0 aliphatic heterocycles. The van der Waals surface area contributed by atoms with Gasteiger partial charge in [-0.3, -0.25) is 4.79 Å². The lowest BCUT2D eigenvalue weighted by Crippen LogP contribution is -2.08. The zero-order valence-electron chi connectivity index (χ0n) is 6.25. The minimum atomic E-state index is -0.521. The molecule has 1 atom stereocenters. The first-order valence-corrected chi connectivity index (χ1v) is 3.20. The fourth-order valence-electron chi connectivity index (χ4n) is 0.458. The van der Waals surface area contributed by atoms with Gasteiger partial charge in [0.05, 0.1) is 18.4 Å². The van der Waals surface area contributed by atoms with E-state index < -0.39 is 11.9 Å². The molecule has 0 aliphatic rings. The van der Waals surface area contributed by atoms with Crippen molar-refractivity contribution in [3.05, 3.63) is 19.6 Å². The van der Waals surface area contributed by atoms with Crippen molar-refractivity contribution in [3.63, 3.8) is 0 Å². The van der Waals surface area contributed by atoms with Gasteiger partial charge in [-0.05, 0) is 6.92 Å². The molecule has 0 saturated carbocycles. The highest BCUT2D eigenvalue weighted by Crippen LogP contribution is 1.99. The lowest BCUT2D eigenvalue weighted by Gasteiger charge is -2.01. The van der Waals surface area contributed by atoms with E-state index in [1.54, 1.807) is 0 Å². The number of nitrogens with zero attached hydrogens (tertiary/aromatic N) is 1. The topological polar surface area (TPSA) is 50.1 Å². The molecule has 0 aromatic heterocycles. The Balaban J connectivity index is 3.53. The lowest BCUT2D eigenvalue weighted by atomic mass is 10.1. The van der Waals surface area contributed by atoms with Gasteiger partial charge in [0.2, 0.25) is 0 Å². The molecule has 0 rings (SSSR count). The maximum Gasteiger partial charge on any atom is 0.307 e. The van der Waals surface area contributed by atoms with Crippen LogP contribution in [0.1, 0.15) is 6.42 Å². The van der Waals surface area contributed by atoms with Gasteiger partial charge in [-0.1, -0.05) is 12.7 Å². The molecule has 0 spiro atoms. The zero-order chi connectivity index (χ0) is 8.69. The summed E-state index contributed by atoms with van der Waals surface area (Å²) in [6.07, 6.45) is 1.52. The van der Waals surface area contributed by atoms with Crippen LogP contribution < -0.4 is 0 Å². The molecule has 0 saturated heterocycles. The molecule has 0 fully saturated rings. The van der Waals surface area contributed by atoms with Gasteiger partial charge >= 0.3 is 5.97 Å². The van der Waals surface area contributed by atoms with E-state index in [9.17, 15) is 4.79 Å². The van der Waals surface area contributed by atoms with Crippen LogP contribution in [0.5, 0.6) is 0 Å². The molecule has 1 unspecified atom stereocenters. The van der Waals surface area contributed by atoms with Crippen molar-refractivity contribution in [2.24, 2.45) is 5.92 Å². The van der Waals surface area contributed by atoms with Gasteiger partial charge < -0.3 is 4.74 Å². The highest BCUT2D eigenvalue weighted by molar-refractivity contribution is 5.70. The maximum absolute atomic E-state index is 10.7. The first-order valence-electron chi connectivity index (χ1n) is 3.20. The summed E-state index contributed by atoms with van der Waals surface area (Å²) in [5, 5.41) is 8.27. The van der Waals surface area contributed by atoms with E-state index in [0.717, 1.165) is 0 Å². The standard InChI is InChI=1S/C8H10NO2/c1-3-4-11-8(10)5-7(2)6-9/h3,7H,1-2,4-5H2. The van der Waals surface area contributed by atoms with E-state index in [-0.39, 0.29) is 13.0 Å². The van der Waals surface area contributed by atoms with Gasteiger partial charge in [-0.15, -0.1) is 0 Å². The van der Waals surface area contributed by atoms with Crippen molar-refractivity contribution in [3.8, 4) is 6.07 Å². The highest BCUT2D eigenvalue weighted by atomic mass is 16.5. The number of nitriles is 1. The lowest BCUT2D eigenvalue weighted by molar-refractivity contribution is -0.142. The van der Waals surface area contributed by atoms with Gasteiger partial charge in [0, 0.05) is 0 Å². The molecule has 0 N–H and O–H groups in total. The molecule has 0 aromatic carbocycles. The summed E-state index contributed by atoms with van der Waals surface area (Å²) in [7, 11) is 0. The van der Waals surface area contributed by atoms with Crippen LogP contribution in [0.15, 0.2) is 12.7 Å². The number of carbonyl (C=O) groups is 1. The minimum Gasteiger partial charge on any atom is -0.461 e. The first kappa shape index (κ1) is 9.70. The number of hydrogen-bond acceptors (Lipinski definition) is 3. The van der Waals surface area contributed by atoms with Crippen molar-refractivity contribution < 1.29 is 9.53 Å². The third-order valence-corrected chi connectivity index (χ3v) is 0.958. The van der Waals surface area contributed by atoms with E-state index in [4.69, 9.17) is 5.26 Å². The monoisotopic (exact) mass is 152 g/mol.